The van der Waals surface area contributed by atoms with Crippen molar-refractivity contribution >= 4 is 21.7 Å². The molecule has 2 rings (SSSR count). The van der Waals surface area contributed by atoms with Gasteiger partial charge in [0, 0.05) is 12.3 Å². The number of esters is 1. The maximum absolute atomic E-state index is 12.0. The van der Waals surface area contributed by atoms with Crippen LogP contribution in [0.1, 0.15) is 43.5 Å². The lowest BCUT2D eigenvalue weighted by molar-refractivity contribution is -0.125. The largest absolute Gasteiger partial charge is 0.452 e. The fourth-order valence-electron chi connectivity index (χ4n) is 3.10. The second-order valence-electron chi connectivity index (χ2n) is 6.82. The summed E-state index contributed by atoms with van der Waals surface area (Å²) in [6.45, 7) is 3.93. The first-order valence-corrected chi connectivity index (χ1v) is 10.3. The van der Waals surface area contributed by atoms with Crippen molar-refractivity contribution in [2.24, 2.45) is 11.8 Å². The molecular formula is C18H25NO5S. The topological polar surface area (TPSA) is 89.5 Å². The first-order chi connectivity index (χ1) is 11.7. The first-order valence-electron chi connectivity index (χ1n) is 8.45. The van der Waals surface area contributed by atoms with Crippen molar-refractivity contribution in [2.75, 3.05) is 12.9 Å². The van der Waals surface area contributed by atoms with Crippen molar-refractivity contribution < 1.29 is 22.7 Å². The van der Waals surface area contributed by atoms with Gasteiger partial charge < -0.3 is 10.1 Å². The van der Waals surface area contributed by atoms with Crippen molar-refractivity contribution in [2.45, 2.75) is 44.0 Å². The number of benzene rings is 1. The molecule has 0 saturated heterocycles. The summed E-state index contributed by atoms with van der Waals surface area (Å²) in [7, 11) is -3.41. The third-order valence-corrected chi connectivity index (χ3v) is 6.00. The second kappa shape index (κ2) is 7.99. The molecule has 25 heavy (non-hydrogen) atoms. The van der Waals surface area contributed by atoms with Gasteiger partial charge in [-0.2, -0.15) is 0 Å². The molecule has 0 bridgehead atoms. The molecule has 1 saturated carbocycles. The average Bonchev–Trinajstić information content (AvgIpc) is 2.56. The zero-order valence-electron chi connectivity index (χ0n) is 14.8. The Morgan fingerprint density at radius 3 is 2.64 bits per heavy atom. The van der Waals surface area contributed by atoms with Crippen molar-refractivity contribution in [3.8, 4) is 0 Å². The smallest absolute Gasteiger partial charge is 0.338 e. The highest BCUT2D eigenvalue weighted by molar-refractivity contribution is 7.90. The zero-order valence-corrected chi connectivity index (χ0v) is 15.6. The molecule has 1 aliphatic carbocycles. The highest BCUT2D eigenvalue weighted by Gasteiger charge is 2.28. The number of amides is 1. The number of carbonyl (C=O) groups excluding carboxylic acids is 2. The van der Waals surface area contributed by atoms with Gasteiger partial charge in [0.25, 0.3) is 5.91 Å². The Morgan fingerprint density at radius 1 is 1.24 bits per heavy atom. The number of carbonyl (C=O) groups is 2. The van der Waals surface area contributed by atoms with Crippen LogP contribution < -0.4 is 5.32 Å². The molecule has 1 amide bonds. The van der Waals surface area contributed by atoms with E-state index in [9.17, 15) is 18.0 Å². The summed E-state index contributed by atoms with van der Waals surface area (Å²) < 4.78 is 28.1. The average molecular weight is 367 g/mol. The second-order valence-corrected chi connectivity index (χ2v) is 8.83. The Morgan fingerprint density at radius 2 is 1.96 bits per heavy atom. The van der Waals surface area contributed by atoms with Gasteiger partial charge in [0.15, 0.2) is 16.4 Å². The Balaban J connectivity index is 1.90. The van der Waals surface area contributed by atoms with Crippen molar-refractivity contribution in [3.63, 3.8) is 0 Å². The van der Waals surface area contributed by atoms with Crippen LogP contribution in [-0.2, 0) is 19.4 Å². The standard InChI is InChI=1S/C18H25NO5S/c1-12-6-4-9-16(13(12)2)19-17(20)11-24-18(21)14-7-5-8-15(10-14)25(3,22)23/h5,7-8,10,12-13,16H,4,6,9,11H2,1-3H3,(H,19,20)/t12-,13-,16+/m0/s1. The summed E-state index contributed by atoms with van der Waals surface area (Å²) in [4.78, 5) is 24.1. The third kappa shape index (κ3) is 5.29. The van der Waals surface area contributed by atoms with E-state index in [0.717, 1.165) is 19.1 Å². The molecular weight excluding hydrogens is 342 g/mol. The number of nitrogens with one attached hydrogen (secondary N) is 1. The van der Waals surface area contributed by atoms with Crippen molar-refractivity contribution in [1.82, 2.24) is 5.32 Å². The summed E-state index contributed by atoms with van der Waals surface area (Å²) in [6.07, 6.45) is 4.24. The molecule has 0 heterocycles. The van der Waals surface area contributed by atoms with E-state index in [1.165, 1.54) is 30.7 Å². The van der Waals surface area contributed by atoms with E-state index in [1.54, 1.807) is 0 Å². The van der Waals surface area contributed by atoms with Crippen LogP contribution in [0.4, 0.5) is 0 Å². The maximum Gasteiger partial charge on any atom is 0.338 e. The van der Waals surface area contributed by atoms with E-state index in [0.29, 0.717) is 11.8 Å². The SMILES string of the molecule is C[C@H]1[C@@H](C)CCC[C@H]1NC(=O)COC(=O)c1cccc(S(C)(=O)=O)c1. The minimum atomic E-state index is -3.41. The Labute approximate surface area is 148 Å². The highest BCUT2D eigenvalue weighted by Crippen LogP contribution is 2.29. The molecule has 138 valence electrons. The predicted octanol–water partition coefficient (Wildman–Crippen LogP) is 2.19. The molecule has 1 N–H and O–H groups in total. The summed E-state index contributed by atoms with van der Waals surface area (Å²) in [5.74, 6) is -0.107. The van der Waals surface area contributed by atoms with Crippen molar-refractivity contribution in [3.05, 3.63) is 29.8 Å². The molecule has 1 fully saturated rings. The lowest BCUT2D eigenvalue weighted by atomic mass is 9.78. The van der Waals surface area contributed by atoms with Crippen LogP contribution in [0.25, 0.3) is 0 Å². The van der Waals surface area contributed by atoms with E-state index in [1.807, 2.05) is 0 Å². The van der Waals surface area contributed by atoms with Crippen LogP contribution in [0, 0.1) is 11.8 Å². The van der Waals surface area contributed by atoms with E-state index in [-0.39, 0.29) is 29.0 Å². The van der Waals surface area contributed by atoms with Gasteiger partial charge in [-0.1, -0.05) is 32.8 Å². The summed E-state index contributed by atoms with van der Waals surface area (Å²) >= 11 is 0. The van der Waals surface area contributed by atoms with E-state index >= 15 is 0 Å². The molecule has 0 spiro atoms. The number of hydrogen-bond acceptors (Lipinski definition) is 5. The third-order valence-electron chi connectivity index (χ3n) is 4.89. The van der Waals surface area contributed by atoms with Gasteiger partial charge >= 0.3 is 5.97 Å². The van der Waals surface area contributed by atoms with E-state index < -0.39 is 15.8 Å². The maximum atomic E-state index is 12.0. The number of rotatable bonds is 5. The minimum Gasteiger partial charge on any atom is -0.452 e. The Bertz CT molecular complexity index is 744. The first kappa shape index (κ1) is 19.4. The molecule has 6 nitrogen and oxygen atoms in total. The quantitative estimate of drug-likeness (QED) is 0.806. The predicted molar refractivity (Wildman–Crippen MR) is 93.9 cm³/mol. The number of ether oxygens (including phenoxy) is 1. The zero-order chi connectivity index (χ0) is 18.6. The van der Waals surface area contributed by atoms with Crippen LogP contribution in [0.3, 0.4) is 0 Å². The van der Waals surface area contributed by atoms with Gasteiger partial charge in [-0.15, -0.1) is 0 Å². The molecule has 7 heteroatoms. The Kier molecular flexibility index (Phi) is 6.21. The Hall–Kier alpha value is -1.89. The van der Waals surface area contributed by atoms with E-state index in [4.69, 9.17) is 4.74 Å². The van der Waals surface area contributed by atoms with Gasteiger partial charge in [-0.05, 0) is 36.5 Å². The van der Waals surface area contributed by atoms with Gasteiger partial charge in [0.2, 0.25) is 0 Å². The lowest BCUT2D eigenvalue weighted by Crippen LogP contribution is -2.45. The molecule has 0 unspecified atom stereocenters. The monoisotopic (exact) mass is 367 g/mol. The van der Waals surface area contributed by atoms with Crippen LogP contribution in [0.2, 0.25) is 0 Å². The van der Waals surface area contributed by atoms with Crippen LogP contribution in [0.5, 0.6) is 0 Å². The number of sulfone groups is 1. The molecule has 1 aromatic rings. The summed E-state index contributed by atoms with van der Waals surface area (Å²) in [5, 5.41) is 2.93. The molecule has 1 aliphatic rings. The molecule has 0 aromatic heterocycles. The summed E-state index contributed by atoms with van der Waals surface area (Å²) in [6, 6.07) is 5.69. The lowest BCUT2D eigenvalue weighted by Gasteiger charge is -2.34. The van der Waals surface area contributed by atoms with Crippen LogP contribution in [-0.4, -0.2) is 39.2 Å². The van der Waals surface area contributed by atoms with Gasteiger partial charge in [0.1, 0.15) is 0 Å². The molecule has 0 aliphatic heterocycles. The molecule has 3 atom stereocenters. The van der Waals surface area contributed by atoms with Crippen LogP contribution >= 0.6 is 0 Å². The highest BCUT2D eigenvalue weighted by atomic mass is 32.2. The van der Waals surface area contributed by atoms with Gasteiger partial charge in [-0.3, -0.25) is 4.79 Å². The van der Waals surface area contributed by atoms with Crippen LogP contribution in [0.15, 0.2) is 29.2 Å². The summed E-state index contributed by atoms with van der Waals surface area (Å²) in [5.41, 5.74) is 0.107. The number of hydrogen-bond donors (Lipinski definition) is 1. The minimum absolute atomic E-state index is 0.0384. The van der Waals surface area contributed by atoms with Crippen molar-refractivity contribution in [1.29, 1.82) is 0 Å². The van der Waals surface area contributed by atoms with Gasteiger partial charge in [0.05, 0.1) is 10.5 Å². The molecule has 0 radical (unpaired) electrons. The normalized spacial score (nSPS) is 23.7. The fraction of sp³-hybridized carbons (Fsp3) is 0.556. The molecule has 1 aromatic carbocycles. The fourth-order valence-corrected chi connectivity index (χ4v) is 3.77. The van der Waals surface area contributed by atoms with E-state index in [2.05, 4.69) is 19.2 Å². The van der Waals surface area contributed by atoms with Gasteiger partial charge in [-0.25, -0.2) is 13.2 Å².